The highest BCUT2D eigenvalue weighted by Gasteiger charge is 2.42. The minimum atomic E-state index is -1.35. The monoisotopic (exact) mass is 470 g/mol. The van der Waals surface area contributed by atoms with Crippen LogP contribution in [0, 0.1) is 0 Å². The molecule has 0 aliphatic heterocycles. The second kappa shape index (κ2) is 11.0. The number of hydrogen-bond acceptors (Lipinski definition) is 4. The molecule has 1 aliphatic rings. The van der Waals surface area contributed by atoms with Gasteiger partial charge in [-0.15, -0.1) is 6.58 Å². The van der Waals surface area contributed by atoms with Crippen LogP contribution in [0.3, 0.4) is 0 Å². The Kier molecular flexibility index (Phi) is 7.63. The van der Waals surface area contributed by atoms with Crippen molar-refractivity contribution in [1.29, 1.82) is 0 Å². The first-order valence-electron chi connectivity index (χ1n) is 11.7. The molecular formula is C29H30N2O4. The van der Waals surface area contributed by atoms with Crippen molar-refractivity contribution in [2.45, 2.75) is 43.6 Å². The summed E-state index contributed by atoms with van der Waals surface area (Å²) < 4.78 is 5.45. The number of carbonyl (C=O) groups excluding carboxylic acids is 2. The van der Waals surface area contributed by atoms with Crippen LogP contribution in [-0.2, 0) is 29.0 Å². The van der Waals surface area contributed by atoms with Crippen LogP contribution < -0.4 is 10.6 Å². The van der Waals surface area contributed by atoms with E-state index in [4.69, 9.17) is 4.74 Å². The van der Waals surface area contributed by atoms with E-state index in [1.54, 1.807) is 6.08 Å². The van der Waals surface area contributed by atoms with E-state index in [0.717, 1.165) is 22.3 Å². The van der Waals surface area contributed by atoms with Crippen LogP contribution in [0.5, 0.6) is 0 Å². The molecule has 0 spiro atoms. The maximum atomic E-state index is 13.8. The number of fused-ring (bicyclic) bond motifs is 1. The van der Waals surface area contributed by atoms with Gasteiger partial charge in [0.2, 0.25) is 5.91 Å². The molecule has 1 unspecified atom stereocenters. The SMILES string of the molecule is C=CC[C@@](Cc1ccccc1)(NC(=O)OCc1ccccc1)C(=O)NC1c2ccccc2C[C@H]1O. The van der Waals surface area contributed by atoms with Crippen LogP contribution >= 0.6 is 0 Å². The van der Waals surface area contributed by atoms with Gasteiger partial charge in [0.1, 0.15) is 12.1 Å². The zero-order valence-electron chi connectivity index (χ0n) is 19.5. The molecule has 0 radical (unpaired) electrons. The third kappa shape index (κ3) is 5.78. The molecule has 1 aliphatic carbocycles. The zero-order chi connectivity index (χ0) is 24.7. The molecule has 3 atom stereocenters. The number of rotatable bonds is 9. The summed E-state index contributed by atoms with van der Waals surface area (Å²) in [5, 5.41) is 16.5. The van der Waals surface area contributed by atoms with Crippen molar-refractivity contribution in [2.75, 3.05) is 0 Å². The third-order valence-electron chi connectivity index (χ3n) is 6.32. The molecule has 4 rings (SSSR count). The van der Waals surface area contributed by atoms with Gasteiger partial charge in [0, 0.05) is 12.8 Å². The van der Waals surface area contributed by atoms with Gasteiger partial charge in [-0.1, -0.05) is 91.0 Å². The molecule has 180 valence electrons. The fraction of sp³-hybridized carbons (Fsp3) is 0.241. The number of aliphatic hydroxyl groups excluding tert-OH is 1. The van der Waals surface area contributed by atoms with Crippen molar-refractivity contribution in [3.05, 3.63) is 120 Å². The predicted octanol–water partition coefficient (Wildman–Crippen LogP) is 4.24. The Bertz CT molecular complexity index is 1170. The summed E-state index contributed by atoms with van der Waals surface area (Å²) in [4.78, 5) is 26.7. The molecule has 0 bridgehead atoms. The lowest BCUT2D eigenvalue weighted by Gasteiger charge is -2.34. The Morgan fingerprint density at radius 1 is 0.971 bits per heavy atom. The summed E-state index contributed by atoms with van der Waals surface area (Å²) in [6, 6.07) is 25.9. The summed E-state index contributed by atoms with van der Waals surface area (Å²) in [6.07, 6.45) is 1.03. The van der Waals surface area contributed by atoms with Crippen molar-refractivity contribution >= 4 is 12.0 Å². The molecule has 2 amide bonds. The maximum Gasteiger partial charge on any atom is 0.408 e. The molecule has 3 aromatic carbocycles. The smallest absolute Gasteiger partial charge is 0.408 e. The third-order valence-corrected chi connectivity index (χ3v) is 6.32. The van der Waals surface area contributed by atoms with Crippen molar-refractivity contribution in [3.8, 4) is 0 Å². The molecule has 0 heterocycles. The van der Waals surface area contributed by atoms with Crippen LogP contribution in [0.1, 0.15) is 34.7 Å². The average molecular weight is 471 g/mol. The molecule has 6 heteroatoms. The summed E-state index contributed by atoms with van der Waals surface area (Å²) in [5.41, 5.74) is 2.24. The molecule has 0 fully saturated rings. The number of alkyl carbamates (subject to hydrolysis) is 1. The highest BCUT2D eigenvalue weighted by Crippen LogP contribution is 2.32. The van der Waals surface area contributed by atoms with E-state index in [2.05, 4.69) is 17.2 Å². The zero-order valence-corrected chi connectivity index (χ0v) is 19.5. The summed E-state index contributed by atoms with van der Waals surface area (Å²) in [5.74, 6) is -0.404. The molecule has 3 aromatic rings. The molecule has 3 N–H and O–H groups in total. The van der Waals surface area contributed by atoms with Crippen molar-refractivity contribution in [3.63, 3.8) is 0 Å². The predicted molar refractivity (Wildman–Crippen MR) is 134 cm³/mol. The van der Waals surface area contributed by atoms with E-state index >= 15 is 0 Å². The molecule has 0 saturated heterocycles. The number of amides is 2. The molecule has 6 nitrogen and oxygen atoms in total. The first-order valence-corrected chi connectivity index (χ1v) is 11.7. The van der Waals surface area contributed by atoms with E-state index in [1.165, 1.54) is 0 Å². The lowest BCUT2D eigenvalue weighted by molar-refractivity contribution is -0.129. The molecule has 35 heavy (non-hydrogen) atoms. The fourth-order valence-electron chi connectivity index (χ4n) is 4.57. The molecule has 0 aromatic heterocycles. The van der Waals surface area contributed by atoms with Gasteiger partial charge in [0.15, 0.2) is 0 Å². The Labute approximate surface area is 205 Å². The minimum Gasteiger partial charge on any atom is -0.445 e. The summed E-state index contributed by atoms with van der Waals surface area (Å²) in [7, 11) is 0. The van der Waals surface area contributed by atoms with Crippen LogP contribution in [0.4, 0.5) is 4.79 Å². The largest absolute Gasteiger partial charge is 0.445 e. The second-order valence-corrected chi connectivity index (χ2v) is 8.85. The number of hydrogen-bond donors (Lipinski definition) is 3. The van der Waals surface area contributed by atoms with Crippen molar-refractivity contribution in [2.24, 2.45) is 0 Å². The van der Waals surface area contributed by atoms with Crippen LogP contribution in [0.15, 0.2) is 97.6 Å². The van der Waals surface area contributed by atoms with Gasteiger partial charge in [-0.25, -0.2) is 4.79 Å². The first-order chi connectivity index (χ1) is 17.0. The van der Waals surface area contributed by atoms with Gasteiger partial charge in [0.25, 0.3) is 0 Å². The number of ether oxygens (including phenoxy) is 1. The molecular weight excluding hydrogens is 440 g/mol. The fourth-order valence-corrected chi connectivity index (χ4v) is 4.57. The second-order valence-electron chi connectivity index (χ2n) is 8.85. The van der Waals surface area contributed by atoms with Gasteiger partial charge in [-0.3, -0.25) is 4.79 Å². The number of benzene rings is 3. The summed E-state index contributed by atoms with van der Waals surface area (Å²) >= 11 is 0. The Balaban J connectivity index is 1.58. The molecule has 0 saturated carbocycles. The maximum absolute atomic E-state index is 13.8. The van der Waals surface area contributed by atoms with Gasteiger partial charge < -0.3 is 20.5 Å². The van der Waals surface area contributed by atoms with E-state index in [0.29, 0.717) is 6.42 Å². The van der Waals surface area contributed by atoms with E-state index in [-0.39, 0.29) is 19.4 Å². The average Bonchev–Trinajstić information content (AvgIpc) is 3.19. The van der Waals surface area contributed by atoms with Gasteiger partial charge >= 0.3 is 6.09 Å². The van der Waals surface area contributed by atoms with Crippen molar-refractivity contribution < 1.29 is 19.4 Å². The van der Waals surface area contributed by atoms with Gasteiger partial charge in [-0.05, 0) is 28.7 Å². The minimum absolute atomic E-state index is 0.0819. The van der Waals surface area contributed by atoms with Gasteiger partial charge in [-0.2, -0.15) is 0 Å². The Hall–Kier alpha value is -3.90. The van der Waals surface area contributed by atoms with Crippen LogP contribution in [-0.4, -0.2) is 28.7 Å². The highest BCUT2D eigenvalue weighted by atomic mass is 16.5. The highest BCUT2D eigenvalue weighted by molar-refractivity contribution is 5.91. The number of aliphatic hydroxyl groups is 1. The van der Waals surface area contributed by atoms with E-state index < -0.39 is 29.7 Å². The van der Waals surface area contributed by atoms with E-state index in [1.807, 2.05) is 84.9 Å². The quantitative estimate of drug-likeness (QED) is 0.408. The van der Waals surface area contributed by atoms with Crippen LogP contribution in [0.2, 0.25) is 0 Å². The lowest BCUT2D eigenvalue weighted by atomic mass is 9.86. The topological polar surface area (TPSA) is 87.7 Å². The Morgan fingerprint density at radius 3 is 2.29 bits per heavy atom. The van der Waals surface area contributed by atoms with Crippen molar-refractivity contribution in [1.82, 2.24) is 10.6 Å². The number of nitrogens with one attached hydrogen (secondary N) is 2. The van der Waals surface area contributed by atoms with Gasteiger partial charge in [0.05, 0.1) is 12.1 Å². The standard InChI is InChI=1S/C29H30N2O4/c1-2-17-29(19-21-11-5-3-6-12-21,31-28(34)35-20-22-13-7-4-8-14-22)27(33)30-26-24-16-10-9-15-23(24)18-25(26)32/h2-16,25-26,32H,1,17-20H2,(H,30,33)(H,31,34)/t25-,26?,29+/m1/s1. The first kappa shape index (κ1) is 24.2. The Morgan fingerprint density at radius 2 is 1.60 bits per heavy atom. The number of carbonyl (C=O) groups is 2. The lowest BCUT2D eigenvalue weighted by Crippen LogP contribution is -2.61. The van der Waals surface area contributed by atoms with Crippen LogP contribution in [0.25, 0.3) is 0 Å². The van der Waals surface area contributed by atoms with E-state index in [9.17, 15) is 14.7 Å². The normalized spacial score (nSPS) is 18.1. The summed E-state index contributed by atoms with van der Waals surface area (Å²) in [6.45, 7) is 3.91.